The number of carbonyl (C=O) groups is 3. The summed E-state index contributed by atoms with van der Waals surface area (Å²) in [5.74, 6) is -0.629. The van der Waals surface area contributed by atoms with Gasteiger partial charge in [-0.05, 0) is 35.4 Å². The van der Waals surface area contributed by atoms with Crippen LogP contribution < -0.4 is 10.2 Å². The maximum absolute atomic E-state index is 12.4. The van der Waals surface area contributed by atoms with Crippen molar-refractivity contribution in [3.8, 4) is 11.1 Å². The Balaban J connectivity index is 1.37. The molecular formula is C22H20N4O3. The predicted molar refractivity (Wildman–Crippen MR) is 108 cm³/mol. The highest BCUT2D eigenvalue weighted by atomic mass is 16.2. The lowest BCUT2D eigenvalue weighted by atomic mass is 10.1. The van der Waals surface area contributed by atoms with Gasteiger partial charge in [0.2, 0.25) is 11.8 Å². The quantitative estimate of drug-likeness (QED) is 0.681. The summed E-state index contributed by atoms with van der Waals surface area (Å²) >= 11 is 0. The van der Waals surface area contributed by atoms with E-state index in [0.717, 1.165) is 16.7 Å². The van der Waals surface area contributed by atoms with E-state index >= 15 is 0 Å². The number of aryl methyl sites for hydroxylation is 1. The van der Waals surface area contributed by atoms with Crippen molar-refractivity contribution in [1.82, 2.24) is 15.1 Å². The molecule has 0 spiro atoms. The fourth-order valence-corrected chi connectivity index (χ4v) is 3.30. The van der Waals surface area contributed by atoms with Gasteiger partial charge in [-0.15, -0.1) is 0 Å². The minimum absolute atomic E-state index is 0.207. The van der Waals surface area contributed by atoms with Gasteiger partial charge >= 0.3 is 0 Å². The summed E-state index contributed by atoms with van der Waals surface area (Å²) in [4.78, 5) is 37.2. The molecule has 0 bridgehead atoms. The standard InChI is InChI=1S/C22H20N4O3/c1-25-14-18(13-24-25)16-4-2-15(3-5-16)12-23-22(29)17-6-8-19(9-7-17)26-20(27)10-11-21(26)28/h2-9,13-14H,10-12H2,1H3,(H,23,29). The Morgan fingerprint density at radius 1 is 0.966 bits per heavy atom. The van der Waals surface area contributed by atoms with E-state index in [1.165, 1.54) is 4.90 Å². The molecule has 7 heteroatoms. The molecule has 7 nitrogen and oxygen atoms in total. The van der Waals surface area contributed by atoms with Crippen LogP contribution in [0.15, 0.2) is 60.9 Å². The molecule has 2 heterocycles. The number of imide groups is 1. The number of benzene rings is 2. The van der Waals surface area contributed by atoms with Crippen molar-refractivity contribution in [3.05, 3.63) is 72.1 Å². The first-order valence-corrected chi connectivity index (χ1v) is 9.33. The second-order valence-electron chi connectivity index (χ2n) is 6.95. The molecule has 1 fully saturated rings. The third-order valence-corrected chi connectivity index (χ3v) is 4.88. The highest BCUT2D eigenvalue weighted by molar-refractivity contribution is 6.19. The van der Waals surface area contributed by atoms with Gasteiger partial charge in [0.15, 0.2) is 0 Å². The Bertz CT molecular complexity index is 1050. The van der Waals surface area contributed by atoms with Crippen LogP contribution in [0.2, 0.25) is 0 Å². The van der Waals surface area contributed by atoms with E-state index in [-0.39, 0.29) is 30.6 Å². The molecule has 4 rings (SSSR count). The maximum atomic E-state index is 12.4. The first kappa shape index (κ1) is 18.6. The van der Waals surface area contributed by atoms with Gasteiger partial charge < -0.3 is 5.32 Å². The van der Waals surface area contributed by atoms with Gasteiger partial charge in [-0.2, -0.15) is 5.10 Å². The Hall–Kier alpha value is -3.74. The summed E-state index contributed by atoms with van der Waals surface area (Å²) in [5, 5.41) is 7.05. The zero-order chi connectivity index (χ0) is 20.4. The normalized spacial score (nSPS) is 13.8. The smallest absolute Gasteiger partial charge is 0.251 e. The summed E-state index contributed by atoms with van der Waals surface area (Å²) in [5.41, 5.74) is 4.06. The van der Waals surface area contributed by atoms with E-state index in [0.29, 0.717) is 17.8 Å². The van der Waals surface area contributed by atoms with Crippen molar-refractivity contribution in [2.24, 2.45) is 7.05 Å². The lowest BCUT2D eigenvalue weighted by Gasteiger charge is -2.14. The van der Waals surface area contributed by atoms with E-state index in [1.807, 2.05) is 43.7 Å². The van der Waals surface area contributed by atoms with E-state index in [4.69, 9.17) is 0 Å². The Morgan fingerprint density at radius 2 is 1.62 bits per heavy atom. The van der Waals surface area contributed by atoms with E-state index in [1.54, 1.807) is 28.9 Å². The number of carbonyl (C=O) groups excluding carboxylic acids is 3. The molecule has 0 unspecified atom stereocenters. The van der Waals surface area contributed by atoms with Gasteiger partial charge in [-0.1, -0.05) is 24.3 Å². The number of anilines is 1. The number of nitrogens with zero attached hydrogens (tertiary/aromatic N) is 3. The monoisotopic (exact) mass is 388 g/mol. The molecule has 3 aromatic rings. The molecule has 146 valence electrons. The minimum Gasteiger partial charge on any atom is -0.348 e. The summed E-state index contributed by atoms with van der Waals surface area (Å²) in [6.45, 7) is 0.400. The SMILES string of the molecule is Cn1cc(-c2ccc(CNC(=O)c3ccc(N4C(=O)CCC4=O)cc3)cc2)cn1. The molecule has 2 aromatic carbocycles. The minimum atomic E-state index is -0.216. The fraction of sp³-hybridized carbons (Fsp3) is 0.182. The average molecular weight is 388 g/mol. The van der Waals surface area contributed by atoms with Gasteiger partial charge in [0.25, 0.3) is 5.91 Å². The summed E-state index contributed by atoms with van der Waals surface area (Å²) in [7, 11) is 1.88. The molecule has 1 aliphatic rings. The molecular weight excluding hydrogens is 368 g/mol. The zero-order valence-electron chi connectivity index (χ0n) is 16.0. The van der Waals surface area contributed by atoms with E-state index < -0.39 is 0 Å². The van der Waals surface area contributed by atoms with Crippen LogP contribution in [0.5, 0.6) is 0 Å². The van der Waals surface area contributed by atoms with Gasteiger partial charge in [-0.3, -0.25) is 24.0 Å². The highest BCUT2D eigenvalue weighted by Gasteiger charge is 2.30. The molecule has 0 aliphatic carbocycles. The third-order valence-electron chi connectivity index (χ3n) is 4.88. The van der Waals surface area contributed by atoms with Crippen LogP contribution in [0, 0.1) is 0 Å². The molecule has 1 N–H and O–H groups in total. The van der Waals surface area contributed by atoms with Gasteiger partial charge in [0.1, 0.15) is 0 Å². The van der Waals surface area contributed by atoms with Crippen LogP contribution in [0.4, 0.5) is 5.69 Å². The van der Waals surface area contributed by atoms with Crippen LogP contribution >= 0.6 is 0 Å². The van der Waals surface area contributed by atoms with Gasteiger partial charge in [0.05, 0.1) is 11.9 Å². The summed E-state index contributed by atoms with van der Waals surface area (Å²) in [6.07, 6.45) is 4.23. The second-order valence-corrected chi connectivity index (χ2v) is 6.95. The molecule has 1 aliphatic heterocycles. The number of rotatable bonds is 5. The summed E-state index contributed by atoms with van der Waals surface area (Å²) in [6, 6.07) is 14.4. The van der Waals surface area contributed by atoms with Crippen molar-refractivity contribution >= 4 is 23.4 Å². The fourth-order valence-electron chi connectivity index (χ4n) is 3.30. The third kappa shape index (κ3) is 3.94. The van der Waals surface area contributed by atoms with Gasteiger partial charge in [0, 0.05) is 43.8 Å². The van der Waals surface area contributed by atoms with Crippen LogP contribution in [-0.2, 0) is 23.2 Å². The van der Waals surface area contributed by atoms with E-state index in [2.05, 4.69) is 10.4 Å². The largest absolute Gasteiger partial charge is 0.348 e. The number of hydrogen-bond acceptors (Lipinski definition) is 4. The van der Waals surface area contributed by atoms with Crippen LogP contribution in [0.1, 0.15) is 28.8 Å². The number of hydrogen-bond donors (Lipinski definition) is 1. The predicted octanol–water partition coefficient (Wildman–Crippen LogP) is 2.67. The Kier molecular flexibility index (Phi) is 4.95. The zero-order valence-corrected chi connectivity index (χ0v) is 16.0. The molecule has 0 radical (unpaired) electrons. The maximum Gasteiger partial charge on any atom is 0.251 e. The van der Waals surface area contributed by atoms with Gasteiger partial charge in [-0.25, -0.2) is 0 Å². The topological polar surface area (TPSA) is 84.3 Å². The first-order valence-electron chi connectivity index (χ1n) is 9.33. The summed E-state index contributed by atoms with van der Waals surface area (Å²) < 4.78 is 1.75. The highest BCUT2D eigenvalue weighted by Crippen LogP contribution is 2.23. The van der Waals surface area contributed by atoms with Crippen LogP contribution in [0.3, 0.4) is 0 Å². The Morgan fingerprint density at radius 3 is 2.21 bits per heavy atom. The lowest BCUT2D eigenvalue weighted by molar-refractivity contribution is -0.121. The number of aromatic nitrogens is 2. The van der Waals surface area contributed by atoms with Crippen molar-refractivity contribution in [2.75, 3.05) is 4.90 Å². The molecule has 0 atom stereocenters. The molecule has 29 heavy (non-hydrogen) atoms. The second kappa shape index (κ2) is 7.71. The molecule has 1 aromatic heterocycles. The number of nitrogens with one attached hydrogen (secondary N) is 1. The molecule has 3 amide bonds. The molecule has 1 saturated heterocycles. The van der Waals surface area contributed by atoms with Crippen molar-refractivity contribution in [3.63, 3.8) is 0 Å². The van der Waals surface area contributed by atoms with Crippen LogP contribution in [0.25, 0.3) is 11.1 Å². The van der Waals surface area contributed by atoms with Crippen molar-refractivity contribution in [2.45, 2.75) is 19.4 Å². The van der Waals surface area contributed by atoms with Crippen LogP contribution in [-0.4, -0.2) is 27.5 Å². The molecule has 0 saturated carbocycles. The first-order chi connectivity index (χ1) is 14.0. The van der Waals surface area contributed by atoms with E-state index in [9.17, 15) is 14.4 Å². The Labute approximate surface area is 167 Å². The average Bonchev–Trinajstić information content (AvgIpc) is 3.32. The van der Waals surface area contributed by atoms with Crippen molar-refractivity contribution < 1.29 is 14.4 Å². The number of amides is 3. The van der Waals surface area contributed by atoms with Crippen molar-refractivity contribution in [1.29, 1.82) is 0 Å². The lowest BCUT2D eigenvalue weighted by Crippen LogP contribution is -2.28.